The van der Waals surface area contributed by atoms with Gasteiger partial charge >= 0.3 is 5.97 Å². The van der Waals surface area contributed by atoms with Gasteiger partial charge in [-0.05, 0) is 37.9 Å². The molecule has 0 bridgehead atoms. The van der Waals surface area contributed by atoms with Gasteiger partial charge in [0.15, 0.2) is 0 Å². The second kappa shape index (κ2) is 3.72. The van der Waals surface area contributed by atoms with Crippen LogP contribution in [0.3, 0.4) is 0 Å². The fourth-order valence-electron chi connectivity index (χ4n) is 0.596. The van der Waals surface area contributed by atoms with E-state index in [-0.39, 0.29) is 15.2 Å². The highest BCUT2D eigenvalue weighted by molar-refractivity contribution is 9.11. The predicted octanol–water partition coefficient (Wildman–Crippen LogP) is 2.96. The molecule has 0 amide bonds. The van der Waals surface area contributed by atoms with Gasteiger partial charge in [-0.25, -0.2) is 9.78 Å². The molecule has 1 N–H and O–H groups in total. The lowest BCUT2D eigenvalue weighted by Gasteiger charge is -2.00. The van der Waals surface area contributed by atoms with E-state index < -0.39 is 5.97 Å². The molecule has 64 valence electrons. The normalized spacial score (nSPS) is 9.92. The van der Waals surface area contributed by atoms with Gasteiger partial charge < -0.3 is 5.11 Å². The molecule has 0 unspecified atom stereocenters. The first-order valence-electron chi connectivity index (χ1n) is 2.77. The maximum atomic E-state index is 10.5. The summed E-state index contributed by atoms with van der Waals surface area (Å²) >= 11 is 11.7. The third-order valence-electron chi connectivity index (χ3n) is 1.12. The zero-order chi connectivity index (χ0) is 9.30. The van der Waals surface area contributed by atoms with Crippen LogP contribution in [0.15, 0.2) is 15.3 Å². The molecule has 0 radical (unpaired) electrons. The first-order chi connectivity index (χ1) is 5.52. The number of carboxylic acid groups (broad SMARTS) is 1. The average Bonchev–Trinajstić information content (AvgIpc) is 1.96. The maximum absolute atomic E-state index is 10.5. The number of nitrogens with zero attached hydrogens (tertiary/aromatic N) is 1. The van der Waals surface area contributed by atoms with Crippen LogP contribution < -0.4 is 0 Å². The monoisotopic (exact) mass is 313 g/mol. The van der Waals surface area contributed by atoms with Crippen LogP contribution in [0.25, 0.3) is 0 Å². The molecular weight excluding hydrogens is 313 g/mol. The van der Waals surface area contributed by atoms with E-state index in [1.165, 1.54) is 6.07 Å². The van der Waals surface area contributed by atoms with Crippen molar-refractivity contribution in [1.29, 1.82) is 0 Å². The summed E-state index contributed by atoms with van der Waals surface area (Å²) in [5.74, 6) is -1.07. The van der Waals surface area contributed by atoms with E-state index >= 15 is 0 Å². The molecule has 12 heavy (non-hydrogen) atoms. The van der Waals surface area contributed by atoms with Gasteiger partial charge in [-0.2, -0.15) is 0 Å². The molecule has 1 heterocycles. The van der Waals surface area contributed by atoms with Crippen LogP contribution in [-0.4, -0.2) is 16.1 Å². The Morgan fingerprint density at radius 3 is 2.58 bits per heavy atom. The van der Waals surface area contributed by atoms with Crippen LogP contribution >= 0.6 is 43.5 Å². The molecule has 0 fully saturated rings. The van der Waals surface area contributed by atoms with Gasteiger partial charge in [0.1, 0.15) is 9.21 Å². The van der Waals surface area contributed by atoms with E-state index in [4.69, 9.17) is 16.7 Å². The van der Waals surface area contributed by atoms with Crippen molar-refractivity contribution in [1.82, 2.24) is 4.98 Å². The lowest BCUT2D eigenvalue weighted by Crippen LogP contribution is -1.99. The van der Waals surface area contributed by atoms with Crippen LogP contribution in [0.4, 0.5) is 0 Å². The fraction of sp³-hybridized carbons (Fsp3) is 0. The molecule has 3 nitrogen and oxygen atoms in total. The lowest BCUT2D eigenvalue weighted by molar-refractivity contribution is 0.0695. The maximum Gasteiger partial charge on any atom is 0.338 e. The largest absolute Gasteiger partial charge is 0.478 e. The first kappa shape index (κ1) is 9.95. The lowest BCUT2D eigenvalue weighted by atomic mass is 10.3. The Balaban J connectivity index is 3.33. The topological polar surface area (TPSA) is 50.2 Å². The first-order valence-corrected chi connectivity index (χ1v) is 4.73. The summed E-state index contributed by atoms with van der Waals surface area (Å²) in [5.41, 5.74) is 0.0446. The quantitative estimate of drug-likeness (QED) is 0.811. The highest BCUT2D eigenvalue weighted by atomic mass is 79.9. The summed E-state index contributed by atoms with van der Waals surface area (Å²) < 4.78 is 0.673. The predicted molar refractivity (Wildman–Crippen MR) is 51.6 cm³/mol. The summed E-state index contributed by atoms with van der Waals surface area (Å²) in [7, 11) is 0. The van der Waals surface area contributed by atoms with Gasteiger partial charge in [0.05, 0.1) is 10.6 Å². The molecule has 0 aliphatic carbocycles. The average molecular weight is 315 g/mol. The Morgan fingerprint density at radius 2 is 2.08 bits per heavy atom. The fourth-order valence-corrected chi connectivity index (χ4v) is 1.74. The van der Waals surface area contributed by atoms with Gasteiger partial charge in [-0.3, -0.25) is 0 Å². The summed E-state index contributed by atoms with van der Waals surface area (Å²) in [5, 5.41) is 8.91. The van der Waals surface area contributed by atoms with Gasteiger partial charge in [0, 0.05) is 0 Å². The number of hydrogen-bond donors (Lipinski definition) is 1. The molecule has 0 spiro atoms. The van der Waals surface area contributed by atoms with E-state index in [2.05, 4.69) is 36.8 Å². The Hall–Kier alpha value is -0.130. The summed E-state index contributed by atoms with van der Waals surface area (Å²) in [6, 6.07) is 1.32. The van der Waals surface area contributed by atoms with Crippen molar-refractivity contribution in [3.05, 3.63) is 25.9 Å². The van der Waals surface area contributed by atoms with Gasteiger partial charge in [0.2, 0.25) is 0 Å². The molecule has 1 rings (SSSR count). The number of aromatic carboxylic acids is 1. The van der Waals surface area contributed by atoms with E-state index in [9.17, 15) is 4.79 Å². The summed E-state index contributed by atoms with van der Waals surface area (Å²) in [6.45, 7) is 0. The van der Waals surface area contributed by atoms with Crippen LogP contribution in [0.2, 0.25) is 5.02 Å². The minimum absolute atomic E-state index is 0.0446. The Kier molecular flexibility index (Phi) is 3.09. The molecule has 0 atom stereocenters. The SMILES string of the molecule is O=C(O)c1cc(Cl)c(Br)nc1Br. The molecule has 0 aliphatic rings. The number of carbonyl (C=O) groups is 1. The standard InChI is InChI=1S/C6H2Br2ClNO2/c7-4-2(6(11)12)1-3(9)5(8)10-4/h1H,(H,11,12). The minimum atomic E-state index is -1.07. The van der Waals surface area contributed by atoms with Crippen molar-refractivity contribution in [2.45, 2.75) is 0 Å². The van der Waals surface area contributed by atoms with E-state index in [1.807, 2.05) is 0 Å². The van der Waals surface area contributed by atoms with Crippen molar-refractivity contribution in [2.24, 2.45) is 0 Å². The Bertz CT molecular complexity index is 343. The zero-order valence-electron chi connectivity index (χ0n) is 5.51. The third-order valence-corrected chi connectivity index (χ3v) is 2.84. The second-order valence-corrected chi connectivity index (χ2v) is 3.81. The Morgan fingerprint density at radius 1 is 1.50 bits per heavy atom. The number of rotatable bonds is 1. The Labute approximate surface area is 90.0 Å². The second-order valence-electron chi connectivity index (χ2n) is 1.90. The molecule has 1 aromatic rings. The van der Waals surface area contributed by atoms with E-state index in [0.717, 1.165) is 0 Å². The van der Waals surface area contributed by atoms with Crippen molar-refractivity contribution in [3.63, 3.8) is 0 Å². The summed E-state index contributed by atoms with van der Waals surface area (Å²) in [6.07, 6.45) is 0. The molecule has 0 saturated carbocycles. The van der Waals surface area contributed by atoms with E-state index in [0.29, 0.717) is 4.60 Å². The number of carboxylic acids is 1. The molecular formula is C6H2Br2ClNO2. The number of hydrogen-bond acceptors (Lipinski definition) is 2. The van der Waals surface area contributed by atoms with Gasteiger partial charge in [-0.15, -0.1) is 0 Å². The third kappa shape index (κ3) is 1.97. The van der Waals surface area contributed by atoms with Crippen LogP contribution in [0.5, 0.6) is 0 Å². The zero-order valence-corrected chi connectivity index (χ0v) is 9.44. The molecule has 1 aromatic heterocycles. The van der Waals surface area contributed by atoms with Gasteiger partial charge in [0.25, 0.3) is 0 Å². The van der Waals surface area contributed by atoms with Crippen LogP contribution in [0.1, 0.15) is 10.4 Å². The number of pyridine rings is 1. The van der Waals surface area contributed by atoms with Crippen molar-refractivity contribution >= 4 is 49.4 Å². The highest BCUT2D eigenvalue weighted by Crippen LogP contribution is 2.25. The van der Waals surface area contributed by atoms with Crippen LogP contribution in [-0.2, 0) is 0 Å². The number of halogens is 3. The van der Waals surface area contributed by atoms with Crippen molar-refractivity contribution in [3.8, 4) is 0 Å². The van der Waals surface area contributed by atoms with E-state index in [1.54, 1.807) is 0 Å². The number of aromatic nitrogens is 1. The molecule has 0 saturated heterocycles. The van der Waals surface area contributed by atoms with Crippen molar-refractivity contribution < 1.29 is 9.90 Å². The molecule has 6 heteroatoms. The van der Waals surface area contributed by atoms with Gasteiger partial charge in [-0.1, -0.05) is 11.6 Å². The summed E-state index contributed by atoms with van der Waals surface area (Å²) in [4.78, 5) is 14.4. The van der Waals surface area contributed by atoms with Crippen molar-refractivity contribution in [2.75, 3.05) is 0 Å². The highest BCUT2D eigenvalue weighted by Gasteiger charge is 2.12. The molecule has 0 aliphatic heterocycles. The minimum Gasteiger partial charge on any atom is -0.478 e. The molecule has 0 aromatic carbocycles. The van der Waals surface area contributed by atoms with Crippen LogP contribution in [0, 0.1) is 0 Å². The smallest absolute Gasteiger partial charge is 0.338 e.